The van der Waals surface area contributed by atoms with Crippen LogP contribution in [0.15, 0.2) is 212 Å². The number of thiophene rings is 1. The van der Waals surface area contributed by atoms with Crippen LogP contribution in [0.3, 0.4) is 0 Å². The van der Waals surface area contributed by atoms with E-state index in [1.807, 2.05) is 140 Å². The Labute approximate surface area is 527 Å². The Kier molecular flexibility index (Phi) is 28.8. The largest absolute Gasteiger partial charge is 0.512 e. The topological polar surface area (TPSA) is 116 Å². The first-order chi connectivity index (χ1) is 38.4. The number of methoxy groups -OCH3 is 2. The van der Waals surface area contributed by atoms with Crippen molar-refractivity contribution in [2.45, 2.75) is 41.5 Å². The molecule has 0 aliphatic heterocycles. The Bertz CT molecular complexity index is 3410. The smallest absolute Gasteiger partial charge is 0.161 e. The van der Waals surface area contributed by atoms with Gasteiger partial charge < -0.3 is 43.9 Å². The van der Waals surface area contributed by atoms with E-state index in [-0.39, 0.29) is 71.9 Å². The Morgan fingerprint density at radius 2 is 1.05 bits per heavy atom. The van der Waals surface area contributed by atoms with Crippen molar-refractivity contribution in [3.63, 3.8) is 0 Å². The minimum atomic E-state index is -0.125. The molecule has 0 saturated heterocycles. The van der Waals surface area contributed by atoms with E-state index in [0.717, 1.165) is 84.3 Å². The molecule has 10 aromatic rings. The van der Waals surface area contributed by atoms with Gasteiger partial charge in [-0.25, -0.2) is 11.3 Å². The van der Waals surface area contributed by atoms with Crippen molar-refractivity contribution in [1.82, 2.24) is 15.0 Å². The van der Waals surface area contributed by atoms with Gasteiger partial charge >= 0.3 is 0 Å². The van der Waals surface area contributed by atoms with Crippen LogP contribution in [-0.4, -0.2) is 53.3 Å². The Balaban J connectivity index is 0.000000254. The molecule has 0 atom stereocenters. The number of aliphatic hydroxyl groups excluding tert-OH is 1. The second kappa shape index (κ2) is 35.0. The van der Waals surface area contributed by atoms with Gasteiger partial charge in [0.25, 0.3) is 0 Å². The number of anilines is 3. The molecule has 6 aromatic carbocycles. The summed E-state index contributed by atoms with van der Waals surface area (Å²) in [6, 6.07) is 70.3. The van der Waals surface area contributed by atoms with E-state index in [0.29, 0.717) is 25.0 Å². The first kappa shape index (κ1) is 67.4. The third-order valence-corrected chi connectivity index (χ3v) is 12.6. The first-order valence-corrected chi connectivity index (χ1v) is 26.7. The molecule has 0 aliphatic carbocycles. The van der Waals surface area contributed by atoms with E-state index in [1.54, 1.807) is 38.0 Å². The molecule has 1 N–H and O–H groups in total. The molecular formula is C68H65Ir3N4O6S-3. The van der Waals surface area contributed by atoms with Gasteiger partial charge in [0.2, 0.25) is 0 Å². The van der Waals surface area contributed by atoms with E-state index in [2.05, 4.69) is 114 Å². The van der Waals surface area contributed by atoms with Crippen LogP contribution in [0, 0.1) is 30.0 Å². The Morgan fingerprint density at radius 3 is 1.52 bits per heavy atom. The Morgan fingerprint density at radius 1 is 0.561 bits per heavy atom. The summed E-state index contributed by atoms with van der Waals surface area (Å²) in [5.74, 6) is 4.07. The number of nitrogens with zero attached hydrogens (tertiary/aromatic N) is 4. The van der Waals surface area contributed by atoms with Gasteiger partial charge in [0.05, 0.1) is 33.2 Å². The van der Waals surface area contributed by atoms with E-state index in [1.165, 1.54) is 30.0 Å². The molecule has 4 aromatic heterocycles. The predicted octanol–water partition coefficient (Wildman–Crippen LogP) is 17.1. The summed E-state index contributed by atoms with van der Waals surface area (Å²) < 4.78 is 23.9. The maximum absolute atomic E-state index is 10.0. The molecule has 0 aliphatic rings. The molecular weight excluding hydrogens is 1580 g/mol. The number of ketones is 1. The maximum Gasteiger partial charge on any atom is 0.161 e. The number of fused-ring (bicyclic) bond motifs is 1. The summed E-state index contributed by atoms with van der Waals surface area (Å²) in [5.41, 5.74) is 9.96. The number of hydrogen-bond donors (Lipinski definition) is 1. The second-order valence-electron chi connectivity index (χ2n) is 18.8. The van der Waals surface area contributed by atoms with Crippen molar-refractivity contribution < 1.29 is 89.2 Å². The number of allylic oxidation sites excluding steroid dienone is 2. The van der Waals surface area contributed by atoms with Crippen LogP contribution < -0.4 is 23.8 Å². The van der Waals surface area contributed by atoms with Crippen LogP contribution in [0.1, 0.15) is 41.5 Å². The van der Waals surface area contributed by atoms with Gasteiger partial charge in [-0.15, -0.1) is 88.8 Å². The van der Waals surface area contributed by atoms with E-state index in [4.69, 9.17) is 24.1 Å². The monoisotopic (exact) mass is 1640 g/mol. The Hall–Kier alpha value is -7.11. The second-order valence-corrected chi connectivity index (χ2v) is 19.9. The molecule has 0 spiro atoms. The number of hydrogen-bond acceptors (Lipinski definition) is 11. The molecule has 10 rings (SSSR count). The molecule has 3 radical (unpaired) electrons. The van der Waals surface area contributed by atoms with Gasteiger partial charge in [-0.1, -0.05) is 82.3 Å². The zero-order chi connectivity index (χ0) is 55.9. The van der Waals surface area contributed by atoms with E-state index >= 15 is 0 Å². The predicted molar refractivity (Wildman–Crippen MR) is 322 cm³/mol. The third kappa shape index (κ3) is 20.7. The maximum atomic E-state index is 10.0. The molecule has 429 valence electrons. The van der Waals surface area contributed by atoms with Crippen LogP contribution in [0.2, 0.25) is 0 Å². The number of rotatable bonds is 16. The van der Waals surface area contributed by atoms with Crippen LogP contribution >= 0.6 is 11.3 Å². The average Bonchev–Trinajstić information content (AvgIpc) is 3.99. The van der Waals surface area contributed by atoms with Crippen LogP contribution in [0.5, 0.6) is 23.0 Å². The van der Waals surface area contributed by atoms with Crippen molar-refractivity contribution in [3.8, 4) is 67.2 Å². The van der Waals surface area contributed by atoms with Crippen molar-refractivity contribution in [1.29, 1.82) is 0 Å². The van der Waals surface area contributed by atoms with Gasteiger partial charge in [0.1, 0.15) is 11.5 Å². The van der Waals surface area contributed by atoms with Crippen molar-refractivity contribution in [3.05, 3.63) is 231 Å². The average molecular weight is 1640 g/mol. The summed E-state index contributed by atoms with van der Waals surface area (Å²) >= 11 is 1.73. The number of carbonyl (C=O) groups excluding carboxylic acids is 1. The van der Waals surface area contributed by atoms with Crippen molar-refractivity contribution in [2.75, 3.05) is 32.3 Å². The van der Waals surface area contributed by atoms with E-state index < -0.39 is 0 Å². The number of pyridine rings is 3. The van der Waals surface area contributed by atoms with Gasteiger partial charge in [0, 0.05) is 102 Å². The molecule has 82 heavy (non-hydrogen) atoms. The normalized spacial score (nSPS) is 10.4. The van der Waals surface area contributed by atoms with Crippen LogP contribution in [0.25, 0.3) is 54.3 Å². The summed E-state index contributed by atoms with van der Waals surface area (Å²) in [6.45, 7) is 12.7. The van der Waals surface area contributed by atoms with Crippen molar-refractivity contribution in [2.24, 2.45) is 11.8 Å². The molecule has 4 heterocycles. The SMILES string of the molecule is CC(=O)C=C(C)O.CC(C)COc1ccc(-c2cc[c-]c(-c3ccccn3)c2)cc1OCC(C)C.COc1ccc(N(c2ccc(OC)cc2)c2cc[c-]c(-c3ccccn3)c2)cc1.[Ir].[Ir].[Ir].[c-]1c(-c2ccccn2)sc2ccccc12. The molecule has 10 nitrogen and oxygen atoms in total. The standard InChI is InChI=1S/C25H21N2O2.C25H28NO2.C13H8NS.C5H8O2.3Ir/c1-28-23-13-9-20(10-14-23)27(21-11-15-24(29-2)16-12-21)22-7-5-6-19(18-22)25-8-3-4-17-26-25;1-18(2)16-27-24-12-11-21(15-25(24)28-17-19(3)4)20-8-7-9-22(14-20)23-10-5-6-13-26-23;1-2-7-12-10(5-1)9-13(15-12)11-6-3-4-8-14-11;1-4(6)3-5(2)7;;;/h3-5,7-18H,1-2H3;5-8,10-15,18-19H,16-17H2,1-4H3;1-8H;3,6H,1-2H3;;;/q3*-1;;;;. The first-order valence-electron chi connectivity index (χ1n) is 25.9. The minimum Gasteiger partial charge on any atom is -0.512 e. The van der Waals surface area contributed by atoms with Gasteiger partial charge in [-0.2, -0.15) is 0 Å². The molecule has 14 heteroatoms. The third-order valence-electron chi connectivity index (χ3n) is 11.5. The fourth-order valence-electron chi connectivity index (χ4n) is 7.75. The van der Waals surface area contributed by atoms with Crippen LogP contribution in [-0.2, 0) is 65.1 Å². The number of aliphatic hydroxyl groups is 1. The van der Waals surface area contributed by atoms with Crippen molar-refractivity contribution >= 4 is 44.3 Å². The zero-order valence-electron chi connectivity index (χ0n) is 46.9. The quantitative estimate of drug-likeness (QED) is 0.0569. The summed E-state index contributed by atoms with van der Waals surface area (Å²) in [6.07, 6.45) is 6.57. The molecule has 0 amide bonds. The summed E-state index contributed by atoms with van der Waals surface area (Å²) in [5, 5.41) is 9.53. The molecule has 0 bridgehead atoms. The zero-order valence-corrected chi connectivity index (χ0v) is 54.9. The molecule has 0 saturated carbocycles. The fraction of sp³-hybridized carbons (Fsp3) is 0.176. The van der Waals surface area contributed by atoms with Gasteiger partial charge in [-0.3, -0.25) is 4.79 Å². The number of aromatic nitrogens is 3. The number of benzene rings is 6. The number of carbonyl (C=O) groups is 1. The fourth-order valence-corrected chi connectivity index (χ4v) is 8.73. The minimum absolute atomic E-state index is 0. The molecule has 0 unspecified atom stereocenters. The summed E-state index contributed by atoms with van der Waals surface area (Å²) in [7, 11) is 3.34. The molecule has 0 fully saturated rings. The summed E-state index contributed by atoms with van der Waals surface area (Å²) in [4.78, 5) is 26.5. The van der Waals surface area contributed by atoms with Gasteiger partial charge in [0.15, 0.2) is 17.3 Å². The van der Waals surface area contributed by atoms with Gasteiger partial charge in [-0.05, 0) is 137 Å². The van der Waals surface area contributed by atoms with Crippen LogP contribution in [0.4, 0.5) is 17.1 Å². The van der Waals surface area contributed by atoms with E-state index in [9.17, 15) is 4.79 Å². The number of ether oxygens (including phenoxy) is 4.